The van der Waals surface area contributed by atoms with E-state index in [1.165, 1.54) is 24.6 Å². The molecule has 1 heterocycles. The van der Waals surface area contributed by atoms with Gasteiger partial charge in [-0.15, -0.1) is 0 Å². The molecule has 0 unspecified atom stereocenters. The lowest BCUT2D eigenvalue weighted by Crippen LogP contribution is -2.33. The standard InChI is InChI=1S/C17H22N/c1-13-8-6-7-9-15(13)16-11-10-14(12-18(16)5)17(2,3)4/h6-12H,1-5H3/q+1/i2D3,3D3,4D3,6D,7D,8D,9D. The molecule has 18 heavy (non-hydrogen) atoms. The van der Waals surface area contributed by atoms with Gasteiger partial charge in [-0.05, 0) is 30.0 Å². The fourth-order valence-corrected chi connectivity index (χ4v) is 1.72. The highest BCUT2D eigenvalue weighted by Gasteiger charge is 2.19. The van der Waals surface area contributed by atoms with Crippen molar-refractivity contribution in [2.45, 2.75) is 32.9 Å². The van der Waals surface area contributed by atoms with E-state index in [1.54, 1.807) is 0 Å². The van der Waals surface area contributed by atoms with Crippen LogP contribution in [0.2, 0.25) is 0 Å². The molecule has 0 saturated heterocycles. The zero-order chi connectivity index (χ0) is 24.3. The van der Waals surface area contributed by atoms with Crippen molar-refractivity contribution in [3.8, 4) is 11.3 Å². The van der Waals surface area contributed by atoms with Crippen LogP contribution in [-0.2, 0) is 12.5 Å². The summed E-state index contributed by atoms with van der Waals surface area (Å²) < 4.78 is 104. The van der Waals surface area contributed by atoms with Crippen LogP contribution < -0.4 is 4.57 Å². The molecule has 94 valence electrons. The number of pyridine rings is 1. The molecule has 1 aromatic heterocycles. The Morgan fingerprint density at radius 1 is 1.17 bits per heavy atom. The fraction of sp³-hybridized carbons (Fsp3) is 0.353. The van der Waals surface area contributed by atoms with Crippen molar-refractivity contribution < 1.29 is 22.4 Å². The first-order valence-electron chi connectivity index (χ1n) is 11.9. The third kappa shape index (κ3) is 2.45. The van der Waals surface area contributed by atoms with Gasteiger partial charge in [0.05, 0.1) is 5.48 Å². The van der Waals surface area contributed by atoms with Gasteiger partial charge in [-0.25, -0.2) is 4.57 Å². The Morgan fingerprint density at radius 3 is 2.56 bits per heavy atom. The lowest BCUT2D eigenvalue weighted by Gasteiger charge is -2.17. The summed E-state index contributed by atoms with van der Waals surface area (Å²) in [5, 5.41) is 0. The molecule has 0 amide bonds. The molecule has 1 nitrogen and oxygen atoms in total. The van der Waals surface area contributed by atoms with E-state index >= 15 is 0 Å². The minimum Gasteiger partial charge on any atom is -0.201 e. The van der Waals surface area contributed by atoms with E-state index in [1.807, 2.05) is 0 Å². The zero-order valence-corrected chi connectivity index (χ0v) is 10.2. The van der Waals surface area contributed by atoms with Crippen LogP contribution in [0.1, 0.15) is 49.5 Å². The molecule has 0 bridgehead atoms. The van der Waals surface area contributed by atoms with Gasteiger partial charge in [0.15, 0.2) is 6.20 Å². The second kappa shape index (κ2) is 4.56. The van der Waals surface area contributed by atoms with Crippen LogP contribution in [0, 0.1) is 6.92 Å². The summed E-state index contributed by atoms with van der Waals surface area (Å²) >= 11 is 0. The second-order valence-electron chi connectivity index (χ2n) is 4.16. The molecule has 0 fully saturated rings. The van der Waals surface area contributed by atoms with Gasteiger partial charge in [-0.3, -0.25) is 0 Å². The van der Waals surface area contributed by atoms with Gasteiger partial charge in [0.25, 0.3) is 0 Å². The summed E-state index contributed by atoms with van der Waals surface area (Å²) in [6.07, 6.45) is 1.08. The topological polar surface area (TPSA) is 3.88 Å². The predicted octanol–water partition coefficient (Wildman–Crippen LogP) is 3.78. The number of rotatable bonds is 1. The van der Waals surface area contributed by atoms with Crippen LogP contribution in [0.4, 0.5) is 0 Å². The molecule has 0 aliphatic rings. The Kier molecular flexibility index (Phi) is 1.06. The van der Waals surface area contributed by atoms with Crippen molar-refractivity contribution in [3.05, 3.63) is 53.6 Å². The zero-order valence-electron chi connectivity index (χ0n) is 23.2. The third-order valence-electron chi connectivity index (χ3n) is 2.70. The van der Waals surface area contributed by atoms with Gasteiger partial charge >= 0.3 is 0 Å². The smallest absolute Gasteiger partial charge is 0.201 e. The molecule has 0 spiro atoms. The van der Waals surface area contributed by atoms with E-state index in [9.17, 15) is 0 Å². The number of aromatic nitrogens is 1. The number of benzene rings is 1. The van der Waals surface area contributed by atoms with Gasteiger partial charge < -0.3 is 0 Å². The molecule has 0 aliphatic heterocycles. The van der Waals surface area contributed by atoms with Crippen molar-refractivity contribution in [1.29, 1.82) is 0 Å². The van der Waals surface area contributed by atoms with E-state index in [4.69, 9.17) is 17.8 Å². The number of hydrogen-bond acceptors (Lipinski definition) is 0. The Morgan fingerprint density at radius 2 is 1.89 bits per heavy atom. The minimum absolute atomic E-state index is 0.141. The Balaban J connectivity index is 2.91. The first kappa shape index (κ1) is 4.19. The first-order chi connectivity index (χ1) is 13.8. The Hall–Kier alpha value is -1.63. The van der Waals surface area contributed by atoms with E-state index < -0.39 is 43.6 Å². The Bertz CT molecular complexity index is 950. The number of hydrogen-bond donors (Lipinski definition) is 0. The van der Waals surface area contributed by atoms with Crippen molar-refractivity contribution in [2.75, 3.05) is 0 Å². The average Bonchev–Trinajstić information content (AvgIpc) is 2.56. The lowest BCUT2D eigenvalue weighted by molar-refractivity contribution is -0.661. The van der Waals surface area contributed by atoms with Gasteiger partial charge in [0, 0.05) is 29.5 Å². The molecule has 0 atom stereocenters. The van der Waals surface area contributed by atoms with E-state index in [2.05, 4.69) is 0 Å². The van der Waals surface area contributed by atoms with Crippen LogP contribution in [0.15, 0.2) is 42.5 Å². The van der Waals surface area contributed by atoms with E-state index in [-0.39, 0.29) is 28.9 Å². The normalized spacial score (nSPS) is 24.2. The van der Waals surface area contributed by atoms with E-state index in [0.717, 1.165) is 12.3 Å². The monoisotopic (exact) mass is 253 g/mol. The fourth-order valence-electron chi connectivity index (χ4n) is 1.72. The molecular weight excluding hydrogens is 218 g/mol. The van der Waals surface area contributed by atoms with E-state index in [0.29, 0.717) is 0 Å². The van der Waals surface area contributed by atoms with Crippen LogP contribution >= 0.6 is 0 Å². The summed E-state index contributed by atoms with van der Waals surface area (Å²) in [7, 11) is 1.42. The molecule has 1 heteroatoms. The second-order valence-corrected chi connectivity index (χ2v) is 4.16. The molecular formula is C17H22N+. The lowest BCUT2D eigenvalue weighted by atomic mass is 9.88. The first-order valence-corrected chi connectivity index (χ1v) is 5.38. The van der Waals surface area contributed by atoms with Crippen LogP contribution in [0.25, 0.3) is 11.3 Å². The summed E-state index contributed by atoms with van der Waals surface area (Å²) in [6, 6.07) is 0.919. The molecule has 1 aromatic carbocycles. The van der Waals surface area contributed by atoms with Gasteiger partial charge in [-0.2, -0.15) is 0 Å². The van der Waals surface area contributed by atoms with Crippen molar-refractivity contribution in [2.24, 2.45) is 7.05 Å². The van der Waals surface area contributed by atoms with Crippen LogP contribution in [0.5, 0.6) is 0 Å². The SMILES string of the molecule is [2H]c1c([2H])c([2H])c(-c2ccc(C(C([2H])([2H])[2H])(C([2H])([2H])[2H])C([2H])([2H])[2H])c[n+]2C)c(C)c1[2H]. The average molecular weight is 253 g/mol. The summed E-state index contributed by atoms with van der Waals surface area (Å²) in [6.45, 7) is -8.70. The van der Waals surface area contributed by atoms with Gasteiger partial charge in [0.2, 0.25) is 5.69 Å². The largest absolute Gasteiger partial charge is 0.212 e. The molecule has 0 saturated carbocycles. The maximum atomic E-state index is 8.21. The molecule has 0 N–H and O–H groups in total. The van der Waals surface area contributed by atoms with Crippen molar-refractivity contribution >= 4 is 0 Å². The number of nitrogens with zero attached hydrogens (tertiary/aromatic N) is 1. The maximum absolute atomic E-state index is 8.21. The molecule has 2 rings (SSSR count). The van der Waals surface area contributed by atoms with Crippen LogP contribution in [-0.4, -0.2) is 0 Å². The summed E-state index contributed by atoms with van der Waals surface area (Å²) in [4.78, 5) is 0. The highest BCUT2D eigenvalue weighted by molar-refractivity contribution is 5.60. The van der Waals surface area contributed by atoms with Crippen molar-refractivity contribution in [3.63, 3.8) is 0 Å². The highest BCUT2D eigenvalue weighted by atomic mass is 14.9. The minimum atomic E-state index is -3.40. The van der Waals surface area contributed by atoms with Crippen molar-refractivity contribution in [1.82, 2.24) is 0 Å². The quantitative estimate of drug-likeness (QED) is 0.681. The van der Waals surface area contributed by atoms with Crippen LogP contribution in [0.3, 0.4) is 0 Å². The maximum Gasteiger partial charge on any atom is 0.212 e. The third-order valence-corrected chi connectivity index (χ3v) is 2.70. The molecule has 0 aliphatic carbocycles. The number of aryl methyl sites for hydroxylation is 1. The predicted molar refractivity (Wildman–Crippen MR) is 76.5 cm³/mol. The highest BCUT2D eigenvalue weighted by Crippen LogP contribution is 2.24. The molecule has 2 aromatic rings. The Labute approximate surface area is 128 Å². The summed E-state index contributed by atoms with van der Waals surface area (Å²) in [5.41, 5.74) is -2.99. The summed E-state index contributed by atoms with van der Waals surface area (Å²) in [5.74, 6) is 0. The van der Waals surface area contributed by atoms with Gasteiger partial charge in [0.1, 0.15) is 7.05 Å². The van der Waals surface area contributed by atoms with Gasteiger partial charge in [-0.1, -0.05) is 38.7 Å². The molecule has 0 radical (unpaired) electrons.